The van der Waals surface area contributed by atoms with Crippen LogP contribution < -0.4 is 0 Å². The molecule has 0 aliphatic rings. The lowest BCUT2D eigenvalue weighted by atomic mass is 10.1. The number of para-hydroxylation sites is 1. The van der Waals surface area contributed by atoms with Crippen LogP contribution in [-0.2, 0) is 4.79 Å². The van der Waals surface area contributed by atoms with Gasteiger partial charge in [-0.15, -0.1) is 0 Å². The van der Waals surface area contributed by atoms with Crippen LogP contribution in [0.4, 0.5) is 4.39 Å². The third-order valence-electron chi connectivity index (χ3n) is 4.24. The predicted molar refractivity (Wildman–Crippen MR) is 99.6 cm³/mol. The topological polar surface area (TPSA) is 57.8 Å². The molecule has 0 aliphatic carbocycles. The van der Waals surface area contributed by atoms with Crippen molar-refractivity contribution in [2.24, 2.45) is 0 Å². The molecule has 2 aromatic carbocycles. The van der Waals surface area contributed by atoms with E-state index in [-0.39, 0.29) is 5.82 Å². The molecule has 2 heterocycles. The van der Waals surface area contributed by atoms with Crippen LogP contribution in [0, 0.1) is 5.82 Å². The van der Waals surface area contributed by atoms with E-state index < -0.39 is 12.0 Å². The lowest BCUT2D eigenvalue weighted by molar-refractivity contribution is -0.138. The van der Waals surface area contributed by atoms with Crippen molar-refractivity contribution in [3.63, 3.8) is 0 Å². The maximum Gasteiger partial charge on any atom is 0.257 e. The van der Waals surface area contributed by atoms with Crippen molar-refractivity contribution in [1.29, 1.82) is 0 Å². The third-order valence-corrected chi connectivity index (χ3v) is 5.26. The number of carbonyl (C=O) groups excluding carboxylic acids is 1. The van der Waals surface area contributed by atoms with E-state index in [4.69, 9.17) is 0 Å². The number of fused-ring (bicyclic) bond motifs is 3. The molecule has 0 bridgehead atoms. The van der Waals surface area contributed by atoms with Gasteiger partial charge in [0.15, 0.2) is 11.1 Å². The first-order chi connectivity index (χ1) is 12.5. The molecule has 1 N–H and O–H groups in total. The quantitative estimate of drug-likeness (QED) is 0.602. The zero-order chi connectivity index (χ0) is 18.4. The molecule has 5 nitrogen and oxygen atoms in total. The van der Waals surface area contributed by atoms with Gasteiger partial charge in [0.25, 0.3) is 5.91 Å². The highest BCUT2D eigenvalue weighted by atomic mass is 32.1. The maximum absolute atomic E-state index is 13.3. The largest absolute Gasteiger partial charge is 0.377 e. The second kappa shape index (κ2) is 6.19. The van der Waals surface area contributed by atoms with Gasteiger partial charge in [-0.05, 0) is 36.4 Å². The Morgan fingerprint density at radius 2 is 1.88 bits per heavy atom. The second-order valence-electron chi connectivity index (χ2n) is 6.18. The van der Waals surface area contributed by atoms with Gasteiger partial charge in [0, 0.05) is 19.7 Å². The highest BCUT2D eigenvalue weighted by Crippen LogP contribution is 2.36. The van der Waals surface area contributed by atoms with Crippen LogP contribution in [0.25, 0.3) is 26.4 Å². The van der Waals surface area contributed by atoms with E-state index in [1.807, 2.05) is 28.7 Å². The monoisotopic (exact) mass is 369 g/mol. The lowest BCUT2D eigenvalue weighted by Gasteiger charge is -2.17. The summed E-state index contributed by atoms with van der Waals surface area (Å²) < 4.78 is 16.1. The Kier molecular flexibility index (Phi) is 3.97. The van der Waals surface area contributed by atoms with Crippen molar-refractivity contribution in [3.8, 4) is 11.3 Å². The number of carbonyl (C=O) groups is 1. The number of aliphatic hydroxyl groups is 1. The minimum Gasteiger partial charge on any atom is -0.377 e. The molecule has 0 aliphatic heterocycles. The molecule has 0 saturated heterocycles. The SMILES string of the molecule is CN(C)C(=O)C(O)c1c(-c2ccc(F)cc2)nc2sc3ccccc3n12. The highest BCUT2D eigenvalue weighted by Gasteiger charge is 2.29. The molecule has 7 heteroatoms. The summed E-state index contributed by atoms with van der Waals surface area (Å²) >= 11 is 1.47. The number of amides is 1. The van der Waals surface area contributed by atoms with Crippen molar-refractivity contribution < 1.29 is 14.3 Å². The number of rotatable bonds is 3. The van der Waals surface area contributed by atoms with E-state index in [9.17, 15) is 14.3 Å². The van der Waals surface area contributed by atoms with Gasteiger partial charge in [-0.1, -0.05) is 23.5 Å². The van der Waals surface area contributed by atoms with Crippen LogP contribution in [0.2, 0.25) is 0 Å². The number of halogens is 1. The first kappa shape index (κ1) is 16.7. The number of hydrogen-bond donors (Lipinski definition) is 1. The molecule has 1 atom stereocenters. The molecule has 0 radical (unpaired) electrons. The fourth-order valence-corrected chi connectivity index (χ4v) is 4.01. The van der Waals surface area contributed by atoms with E-state index in [1.54, 1.807) is 26.2 Å². The van der Waals surface area contributed by atoms with E-state index >= 15 is 0 Å². The molecule has 4 aromatic rings. The van der Waals surface area contributed by atoms with Gasteiger partial charge >= 0.3 is 0 Å². The minimum absolute atomic E-state index is 0.355. The summed E-state index contributed by atoms with van der Waals surface area (Å²) in [5, 5.41) is 10.8. The molecule has 0 saturated carbocycles. The van der Waals surface area contributed by atoms with Crippen molar-refractivity contribution in [2.75, 3.05) is 14.1 Å². The number of thiazole rings is 1. The molecule has 132 valence electrons. The van der Waals surface area contributed by atoms with Crippen molar-refractivity contribution in [1.82, 2.24) is 14.3 Å². The van der Waals surface area contributed by atoms with Gasteiger partial charge in [-0.3, -0.25) is 9.20 Å². The second-order valence-corrected chi connectivity index (χ2v) is 7.18. The van der Waals surface area contributed by atoms with Gasteiger partial charge < -0.3 is 10.0 Å². The summed E-state index contributed by atoms with van der Waals surface area (Å²) in [5.41, 5.74) is 2.38. The fourth-order valence-electron chi connectivity index (χ4n) is 2.97. The van der Waals surface area contributed by atoms with Crippen LogP contribution in [0.3, 0.4) is 0 Å². The van der Waals surface area contributed by atoms with Crippen LogP contribution in [0.5, 0.6) is 0 Å². The van der Waals surface area contributed by atoms with E-state index in [0.717, 1.165) is 10.2 Å². The molecular formula is C19H16FN3O2S. The molecule has 1 amide bonds. The molecular weight excluding hydrogens is 353 g/mol. The van der Waals surface area contributed by atoms with Crippen LogP contribution in [0.15, 0.2) is 48.5 Å². The predicted octanol–water partition coefficient (Wildman–Crippen LogP) is 3.48. The van der Waals surface area contributed by atoms with E-state index in [1.165, 1.54) is 28.4 Å². The van der Waals surface area contributed by atoms with E-state index in [0.29, 0.717) is 21.9 Å². The van der Waals surface area contributed by atoms with Crippen molar-refractivity contribution in [2.45, 2.75) is 6.10 Å². The van der Waals surface area contributed by atoms with Crippen LogP contribution >= 0.6 is 11.3 Å². The van der Waals surface area contributed by atoms with Crippen molar-refractivity contribution in [3.05, 3.63) is 60.0 Å². The number of hydrogen-bond acceptors (Lipinski definition) is 4. The summed E-state index contributed by atoms with van der Waals surface area (Å²) in [6, 6.07) is 13.6. The summed E-state index contributed by atoms with van der Waals surface area (Å²) in [7, 11) is 3.18. The third kappa shape index (κ3) is 2.56. The average molecular weight is 369 g/mol. The summed E-state index contributed by atoms with van der Waals surface area (Å²) in [5.74, 6) is -0.794. The number of likely N-dealkylation sites (N-methyl/N-ethyl adjacent to an activating group) is 1. The molecule has 0 spiro atoms. The van der Waals surface area contributed by atoms with Gasteiger partial charge in [-0.2, -0.15) is 0 Å². The average Bonchev–Trinajstić information content (AvgIpc) is 3.17. The number of aliphatic hydroxyl groups excluding tert-OH is 1. The minimum atomic E-state index is -1.38. The van der Waals surface area contributed by atoms with Crippen LogP contribution in [0.1, 0.15) is 11.8 Å². The number of benzene rings is 2. The Morgan fingerprint density at radius 3 is 2.58 bits per heavy atom. The summed E-state index contributed by atoms with van der Waals surface area (Å²) in [4.78, 5) is 19.1. The Balaban J connectivity index is 2.03. The first-order valence-corrected chi connectivity index (χ1v) is 8.84. The summed E-state index contributed by atoms with van der Waals surface area (Å²) in [6.07, 6.45) is -1.38. The van der Waals surface area contributed by atoms with Crippen molar-refractivity contribution >= 4 is 32.4 Å². The van der Waals surface area contributed by atoms with Crippen LogP contribution in [-0.4, -0.2) is 39.4 Å². The number of aromatic nitrogens is 2. The van der Waals surface area contributed by atoms with Gasteiger partial charge in [0.2, 0.25) is 0 Å². The molecule has 0 fully saturated rings. The zero-order valence-corrected chi connectivity index (χ0v) is 15.0. The first-order valence-electron chi connectivity index (χ1n) is 8.02. The standard InChI is InChI=1S/C19H16FN3O2S/c1-22(2)18(25)17(24)16-15(11-7-9-12(20)10-8-11)21-19-23(16)13-5-3-4-6-14(13)26-19/h3-10,17,24H,1-2H3. The summed E-state index contributed by atoms with van der Waals surface area (Å²) in [6.45, 7) is 0. The number of imidazole rings is 1. The highest BCUT2D eigenvalue weighted by molar-refractivity contribution is 7.23. The Labute approximate surface area is 152 Å². The number of nitrogens with zero attached hydrogens (tertiary/aromatic N) is 3. The van der Waals surface area contributed by atoms with Gasteiger partial charge in [-0.25, -0.2) is 9.37 Å². The Bertz CT molecular complexity index is 1120. The Hall–Kier alpha value is -2.77. The molecule has 2 aromatic heterocycles. The molecule has 1 unspecified atom stereocenters. The Morgan fingerprint density at radius 1 is 1.19 bits per heavy atom. The zero-order valence-electron chi connectivity index (χ0n) is 14.2. The molecule has 4 rings (SSSR count). The molecule has 26 heavy (non-hydrogen) atoms. The normalized spacial score (nSPS) is 12.6. The van der Waals surface area contributed by atoms with Gasteiger partial charge in [0.1, 0.15) is 5.82 Å². The lowest BCUT2D eigenvalue weighted by Crippen LogP contribution is -2.29. The van der Waals surface area contributed by atoms with E-state index in [2.05, 4.69) is 4.98 Å². The van der Waals surface area contributed by atoms with Gasteiger partial charge in [0.05, 0.1) is 21.6 Å². The maximum atomic E-state index is 13.3. The fraction of sp³-hybridized carbons (Fsp3) is 0.158. The smallest absolute Gasteiger partial charge is 0.257 e.